The normalized spacial score (nSPS) is 14.6. The van der Waals surface area contributed by atoms with Crippen molar-refractivity contribution in [1.29, 1.82) is 5.41 Å². The van der Waals surface area contributed by atoms with Crippen LogP contribution >= 0.6 is 0 Å². The van der Waals surface area contributed by atoms with Crippen LogP contribution in [0.3, 0.4) is 0 Å². The zero-order chi connectivity index (χ0) is 23.2. The zero-order valence-electron chi connectivity index (χ0n) is 17.6. The van der Waals surface area contributed by atoms with Gasteiger partial charge in [0.15, 0.2) is 0 Å². The number of hydrogen-bond donors (Lipinski definition) is 3. The van der Waals surface area contributed by atoms with E-state index in [9.17, 15) is 13.2 Å². The van der Waals surface area contributed by atoms with Crippen LogP contribution in [0.1, 0.15) is 43.5 Å². The van der Waals surface area contributed by atoms with Crippen LogP contribution in [-0.2, 0) is 5.41 Å². The number of aliphatic imine (C=N–C) groups is 2. The maximum absolute atomic E-state index is 12.3. The van der Waals surface area contributed by atoms with Gasteiger partial charge in [-0.15, -0.1) is 0 Å². The van der Waals surface area contributed by atoms with E-state index in [1.54, 1.807) is 0 Å². The average molecular weight is 429 g/mol. The molecule has 0 radical (unpaired) electrons. The zero-order valence-corrected chi connectivity index (χ0v) is 17.6. The largest absolute Gasteiger partial charge is 0.449 e. The lowest BCUT2D eigenvalue weighted by atomic mass is 9.78. The fraction of sp³-hybridized carbons (Fsp3) is 0.261. The highest BCUT2D eigenvalue weighted by molar-refractivity contribution is 6.05. The van der Waals surface area contributed by atoms with Crippen LogP contribution in [0.4, 0.5) is 13.2 Å². The number of rotatable bonds is 6. The van der Waals surface area contributed by atoms with Crippen molar-refractivity contribution in [3.8, 4) is 0 Å². The number of benzene rings is 2. The number of nitrogens with one attached hydrogen (secondary N) is 1. The van der Waals surface area contributed by atoms with Gasteiger partial charge < -0.3 is 11.5 Å². The summed E-state index contributed by atoms with van der Waals surface area (Å²) in [6.07, 6.45) is -2.55. The first-order chi connectivity index (χ1) is 14.4. The highest BCUT2D eigenvalue weighted by Crippen LogP contribution is 2.32. The molecule has 31 heavy (non-hydrogen) atoms. The SMILES string of the molecule is CC(N=C(N)/C=C\C(=N)N=C(N)C(F)(F)F)c1ccc(C(C)(C)c2ccccc2)cc1. The molecular weight excluding hydrogens is 403 g/mol. The summed E-state index contributed by atoms with van der Waals surface area (Å²) < 4.78 is 37.0. The molecule has 5 N–H and O–H groups in total. The fourth-order valence-corrected chi connectivity index (χ4v) is 2.94. The highest BCUT2D eigenvalue weighted by Gasteiger charge is 2.33. The van der Waals surface area contributed by atoms with Gasteiger partial charge in [0, 0.05) is 5.41 Å². The van der Waals surface area contributed by atoms with Gasteiger partial charge in [0.1, 0.15) is 11.7 Å². The molecule has 8 heteroatoms. The monoisotopic (exact) mass is 429 g/mol. The Morgan fingerprint density at radius 1 is 0.935 bits per heavy atom. The van der Waals surface area contributed by atoms with E-state index in [2.05, 4.69) is 36.0 Å². The van der Waals surface area contributed by atoms with Crippen molar-refractivity contribution in [1.82, 2.24) is 0 Å². The van der Waals surface area contributed by atoms with Crippen molar-refractivity contribution < 1.29 is 13.2 Å². The van der Waals surface area contributed by atoms with Crippen molar-refractivity contribution >= 4 is 17.5 Å². The summed E-state index contributed by atoms with van der Waals surface area (Å²) in [6, 6.07) is 18.0. The third kappa shape index (κ3) is 6.53. The lowest BCUT2D eigenvalue weighted by Crippen LogP contribution is -2.32. The first kappa shape index (κ1) is 23.9. The molecule has 0 aliphatic rings. The second-order valence-electron chi connectivity index (χ2n) is 7.56. The molecule has 5 nitrogen and oxygen atoms in total. The van der Waals surface area contributed by atoms with Crippen molar-refractivity contribution in [2.24, 2.45) is 21.5 Å². The summed E-state index contributed by atoms with van der Waals surface area (Å²) in [5.74, 6) is -2.20. The van der Waals surface area contributed by atoms with E-state index in [0.29, 0.717) is 0 Å². The molecule has 0 fully saturated rings. The van der Waals surface area contributed by atoms with Crippen LogP contribution in [0.5, 0.6) is 0 Å². The quantitative estimate of drug-likeness (QED) is 0.450. The Hall–Kier alpha value is -3.42. The number of alkyl halides is 3. The van der Waals surface area contributed by atoms with Crippen LogP contribution in [-0.4, -0.2) is 23.7 Å². The van der Waals surface area contributed by atoms with E-state index in [-0.39, 0.29) is 17.3 Å². The molecule has 0 bridgehead atoms. The molecular formula is C23H26F3N5. The minimum absolute atomic E-state index is 0.0618. The molecule has 164 valence electrons. The highest BCUT2D eigenvalue weighted by atomic mass is 19.4. The minimum atomic E-state index is -4.78. The Kier molecular flexibility index (Phi) is 7.38. The lowest BCUT2D eigenvalue weighted by Gasteiger charge is -2.26. The average Bonchev–Trinajstić information content (AvgIpc) is 2.72. The number of nitrogens with zero attached hydrogens (tertiary/aromatic N) is 2. The number of nitrogens with two attached hydrogens (primary N) is 2. The maximum atomic E-state index is 12.3. The molecule has 0 saturated heterocycles. The third-order valence-electron chi connectivity index (χ3n) is 4.90. The smallest absolute Gasteiger partial charge is 0.384 e. The van der Waals surface area contributed by atoms with Gasteiger partial charge in [-0.2, -0.15) is 13.2 Å². The van der Waals surface area contributed by atoms with Crippen molar-refractivity contribution in [3.63, 3.8) is 0 Å². The maximum Gasteiger partial charge on any atom is 0.449 e. The molecule has 0 heterocycles. The Morgan fingerprint density at radius 3 is 2.03 bits per heavy atom. The van der Waals surface area contributed by atoms with E-state index < -0.39 is 17.8 Å². The van der Waals surface area contributed by atoms with Crippen LogP contribution in [0, 0.1) is 5.41 Å². The van der Waals surface area contributed by atoms with Crippen molar-refractivity contribution in [3.05, 3.63) is 83.4 Å². The van der Waals surface area contributed by atoms with E-state index in [4.69, 9.17) is 16.9 Å². The second kappa shape index (κ2) is 9.59. The predicted molar refractivity (Wildman–Crippen MR) is 120 cm³/mol. The van der Waals surface area contributed by atoms with Crippen LogP contribution in [0.25, 0.3) is 0 Å². The molecule has 0 spiro atoms. The van der Waals surface area contributed by atoms with E-state index >= 15 is 0 Å². The molecule has 1 atom stereocenters. The standard InChI is InChI=1S/C23H26F3N5/c1-15(30-19(27)13-14-20(28)31-21(29)23(24,25)26)16-9-11-18(12-10-16)22(2,3)17-7-5-4-6-8-17/h4-15H,1-3H3,(H2,27,30)(H3,28,29,31)/b14-13-. The van der Waals surface area contributed by atoms with E-state index in [1.165, 1.54) is 11.6 Å². The summed E-state index contributed by atoms with van der Waals surface area (Å²) in [6.45, 7) is 6.17. The van der Waals surface area contributed by atoms with Crippen LogP contribution in [0.2, 0.25) is 0 Å². The number of amidine groups is 3. The lowest BCUT2D eigenvalue weighted by molar-refractivity contribution is -0.0597. The van der Waals surface area contributed by atoms with Gasteiger partial charge in [-0.3, -0.25) is 10.4 Å². The molecule has 2 aromatic rings. The molecule has 0 aliphatic carbocycles. The summed E-state index contributed by atoms with van der Waals surface area (Å²) in [5, 5.41) is 7.43. The molecule has 2 rings (SSSR count). The Bertz CT molecular complexity index is 988. The van der Waals surface area contributed by atoms with Gasteiger partial charge in [0.2, 0.25) is 5.84 Å². The third-order valence-corrected chi connectivity index (χ3v) is 4.90. The Morgan fingerprint density at radius 2 is 1.48 bits per heavy atom. The second-order valence-corrected chi connectivity index (χ2v) is 7.56. The van der Waals surface area contributed by atoms with Gasteiger partial charge in [-0.05, 0) is 35.8 Å². The molecule has 0 amide bonds. The molecule has 2 aromatic carbocycles. The van der Waals surface area contributed by atoms with Crippen LogP contribution < -0.4 is 11.5 Å². The Balaban J connectivity index is 2.10. The topological polar surface area (TPSA) is 101 Å². The summed E-state index contributed by atoms with van der Waals surface area (Å²) in [7, 11) is 0. The van der Waals surface area contributed by atoms with Gasteiger partial charge in [0.05, 0.1) is 6.04 Å². The molecule has 1 unspecified atom stereocenters. The fourth-order valence-electron chi connectivity index (χ4n) is 2.94. The minimum Gasteiger partial charge on any atom is -0.384 e. The first-order valence-corrected chi connectivity index (χ1v) is 9.58. The first-order valence-electron chi connectivity index (χ1n) is 9.58. The van der Waals surface area contributed by atoms with E-state index in [1.807, 2.05) is 49.4 Å². The van der Waals surface area contributed by atoms with Gasteiger partial charge in [-0.1, -0.05) is 68.4 Å². The van der Waals surface area contributed by atoms with Gasteiger partial charge >= 0.3 is 6.18 Å². The summed E-state index contributed by atoms with van der Waals surface area (Å²) >= 11 is 0. The van der Waals surface area contributed by atoms with Gasteiger partial charge in [0.25, 0.3) is 0 Å². The number of hydrogen-bond acceptors (Lipinski definition) is 2. The molecule has 0 aliphatic heterocycles. The van der Waals surface area contributed by atoms with Crippen LogP contribution in [0.15, 0.2) is 76.7 Å². The Labute approximate surface area is 179 Å². The predicted octanol–water partition coefficient (Wildman–Crippen LogP) is 4.88. The van der Waals surface area contributed by atoms with Crippen molar-refractivity contribution in [2.75, 3.05) is 0 Å². The molecule has 0 aromatic heterocycles. The van der Waals surface area contributed by atoms with Gasteiger partial charge in [-0.25, -0.2) is 4.99 Å². The van der Waals surface area contributed by atoms with Crippen molar-refractivity contribution in [2.45, 2.75) is 38.4 Å². The summed E-state index contributed by atoms with van der Waals surface area (Å²) in [4.78, 5) is 7.28. The summed E-state index contributed by atoms with van der Waals surface area (Å²) in [5.41, 5.74) is 13.7. The number of halogens is 3. The van der Waals surface area contributed by atoms with E-state index in [0.717, 1.165) is 17.2 Å². The molecule has 0 saturated carbocycles.